The lowest BCUT2D eigenvalue weighted by molar-refractivity contribution is -0.384. The number of ether oxygens (including phenoxy) is 1. The number of nitro groups is 1. The number of rotatable bonds is 8. The molecule has 0 amide bonds. The average Bonchev–Trinajstić information content (AvgIpc) is 2.72. The molecule has 0 spiro atoms. The second-order valence-corrected chi connectivity index (χ2v) is 6.79. The molecule has 0 heterocycles. The van der Waals surface area contributed by atoms with Gasteiger partial charge in [0.05, 0.1) is 9.95 Å². The van der Waals surface area contributed by atoms with Crippen molar-refractivity contribution in [2.75, 3.05) is 5.32 Å². The van der Waals surface area contributed by atoms with Gasteiger partial charge < -0.3 is 10.1 Å². The normalized spacial score (nSPS) is 10.5. The lowest BCUT2D eigenvalue weighted by Crippen LogP contribution is -2.01. The number of anilines is 1. The molecule has 0 saturated carbocycles. The molecule has 0 radical (unpaired) electrons. The van der Waals surface area contributed by atoms with Gasteiger partial charge in [-0.3, -0.25) is 10.1 Å². The molecule has 0 bridgehead atoms. The van der Waals surface area contributed by atoms with Gasteiger partial charge in [0.25, 0.3) is 5.69 Å². The van der Waals surface area contributed by atoms with Crippen LogP contribution in [0.3, 0.4) is 0 Å². The van der Waals surface area contributed by atoms with E-state index in [1.807, 2.05) is 18.2 Å². The Kier molecular flexibility index (Phi) is 6.50. The maximum Gasteiger partial charge on any atom is 0.269 e. The Bertz CT molecular complexity index is 941. The van der Waals surface area contributed by atoms with E-state index in [0.29, 0.717) is 23.9 Å². The monoisotopic (exact) mass is 396 g/mol. The third kappa shape index (κ3) is 5.24. The van der Waals surface area contributed by atoms with Crippen LogP contribution in [0.25, 0.3) is 0 Å². The van der Waals surface area contributed by atoms with Gasteiger partial charge in [0.1, 0.15) is 12.4 Å². The molecule has 0 aromatic heterocycles. The van der Waals surface area contributed by atoms with Crippen LogP contribution < -0.4 is 10.1 Å². The van der Waals surface area contributed by atoms with Gasteiger partial charge in [-0.25, -0.2) is 0 Å². The number of halogens is 1. The quantitative estimate of drug-likeness (QED) is 0.374. The van der Waals surface area contributed by atoms with Gasteiger partial charge in [0, 0.05) is 24.4 Å². The highest BCUT2D eigenvalue weighted by Crippen LogP contribution is 2.27. The van der Waals surface area contributed by atoms with Crippen molar-refractivity contribution in [3.8, 4) is 5.75 Å². The number of nitrogens with one attached hydrogen (secondary N) is 1. The summed E-state index contributed by atoms with van der Waals surface area (Å²) in [4.78, 5) is 10.3. The zero-order valence-corrected chi connectivity index (χ0v) is 16.3. The predicted molar refractivity (Wildman–Crippen MR) is 112 cm³/mol. The molecule has 144 valence electrons. The van der Waals surface area contributed by atoms with Crippen molar-refractivity contribution >= 4 is 23.0 Å². The van der Waals surface area contributed by atoms with Crippen molar-refractivity contribution in [2.24, 2.45) is 0 Å². The molecule has 6 heteroatoms. The van der Waals surface area contributed by atoms with E-state index < -0.39 is 4.92 Å². The van der Waals surface area contributed by atoms with Crippen LogP contribution in [0.1, 0.15) is 23.6 Å². The Morgan fingerprint density at radius 2 is 1.61 bits per heavy atom. The Morgan fingerprint density at radius 3 is 2.21 bits per heavy atom. The maximum absolute atomic E-state index is 10.7. The number of benzene rings is 3. The summed E-state index contributed by atoms with van der Waals surface area (Å²) in [6.45, 7) is 3.09. The highest BCUT2D eigenvalue weighted by molar-refractivity contribution is 6.32. The molecule has 0 aliphatic heterocycles. The van der Waals surface area contributed by atoms with E-state index in [9.17, 15) is 10.1 Å². The third-order valence-corrected chi connectivity index (χ3v) is 4.69. The topological polar surface area (TPSA) is 64.4 Å². The van der Waals surface area contributed by atoms with Crippen molar-refractivity contribution in [3.63, 3.8) is 0 Å². The first kappa shape index (κ1) is 19.7. The largest absolute Gasteiger partial charge is 0.487 e. The fourth-order valence-electron chi connectivity index (χ4n) is 2.71. The fraction of sp³-hybridized carbons (Fsp3) is 0.182. The van der Waals surface area contributed by atoms with Crippen LogP contribution in [-0.4, -0.2) is 4.92 Å². The molecule has 0 aliphatic carbocycles. The van der Waals surface area contributed by atoms with E-state index >= 15 is 0 Å². The first-order valence-electron chi connectivity index (χ1n) is 9.02. The Balaban J connectivity index is 1.56. The Hall–Kier alpha value is -3.05. The Labute approximate surface area is 169 Å². The number of hydrogen-bond acceptors (Lipinski definition) is 4. The van der Waals surface area contributed by atoms with Crippen molar-refractivity contribution in [1.29, 1.82) is 0 Å². The third-order valence-electron chi connectivity index (χ3n) is 4.40. The lowest BCUT2D eigenvalue weighted by atomic mass is 10.1. The standard InChI is InChI=1S/C22H21ClN2O3/c1-2-16-3-8-19(9-4-16)24-14-18-7-12-22(21(23)13-18)28-15-17-5-10-20(11-6-17)25(26)27/h3-13,24H,2,14-15H2,1H3. The molecule has 0 atom stereocenters. The van der Waals surface area contributed by atoms with Crippen molar-refractivity contribution in [1.82, 2.24) is 0 Å². The van der Waals surface area contributed by atoms with Gasteiger partial charge in [0.2, 0.25) is 0 Å². The zero-order chi connectivity index (χ0) is 19.9. The average molecular weight is 397 g/mol. The fourth-order valence-corrected chi connectivity index (χ4v) is 2.97. The second-order valence-electron chi connectivity index (χ2n) is 6.38. The van der Waals surface area contributed by atoms with E-state index in [0.717, 1.165) is 23.2 Å². The number of aryl methyl sites for hydroxylation is 1. The van der Waals surface area contributed by atoms with Crippen molar-refractivity contribution in [3.05, 3.63) is 98.6 Å². The number of nitro benzene ring substituents is 1. The van der Waals surface area contributed by atoms with E-state index in [-0.39, 0.29) is 5.69 Å². The molecular weight excluding hydrogens is 376 g/mol. The highest BCUT2D eigenvalue weighted by atomic mass is 35.5. The highest BCUT2D eigenvalue weighted by Gasteiger charge is 2.07. The van der Waals surface area contributed by atoms with Gasteiger partial charge in [0.15, 0.2) is 0 Å². The number of non-ortho nitro benzene ring substituents is 1. The Morgan fingerprint density at radius 1 is 0.964 bits per heavy atom. The van der Waals surface area contributed by atoms with Crippen LogP contribution in [0.5, 0.6) is 5.75 Å². The first-order valence-corrected chi connectivity index (χ1v) is 9.40. The van der Waals surface area contributed by atoms with Crippen LogP contribution in [0.4, 0.5) is 11.4 Å². The van der Waals surface area contributed by atoms with Gasteiger partial charge in [-0.15, -0.1) is 0 Å². The summed E-state index contributed by atoms with van der Waals surface area (Å²) in [5.74, 6) is 0.580. The smallest absolute Gasteiger partial charge is 0.269 e. The molecule has 3 rings (SSSR count). The molecule has 0 saturated heterocycles. The molecule has 0 unspecified atom stereocenters. The van der Waals surface area contributed by atoms with E-state index in [2.05, 4.69) is 36.5 Å². The molecule has 3 aromatic carbocycles. The minimum atomic E-state index is -0.424. The van der Waals surface area contributed by atoms with Crippen molar-refractivity contribution in [2.45, 2.75) is 26.5 Å². The molecular formula is C22H21ClN2O3. The van der Waals surface area contributed by atoms with Gasteiger partial charge in [-0.2, -0.15) is 0 Å². The SMILES string of the molecule is CCc1ccc(NCc2ccc(OCc3ccc([N+](=O)[O-])cc3)c(Cl)c2)cc1. The first-order chi connectivity index (χ1) is 13.5. The summed E-state index contributed by atoms with van der Waals surface area (Å²) in [5.41, 5.74) is 4.31. The number of nitrogens with zero attached hydrogens (tertiary/aromatic N) is 1. The maximum atomic E-state index is 10.7. The van der Waals surface area contributed by atoms with Crippen molar-refractivity contribution < 1.29 is 9.66 Å². The lowest BCUT2D eigenvalue weighted by Gasteiger charge is -2.11. The molecule has 0 aliphatic rings. The molecule has 28 heavy (non-hydrogen) atoms. The summed E-state index contributed by atoms with van der Waals surface area (Å²) in [6.07, 6.45) is 1.03. The summed E-state index contributed by atoms with van der Waals surface area (Å²) in [5, 5.41) is 14.6. The molecule has 1 N–H and O–H groups in total. The second kappa shape index (κ2) is 9.24. The molecule has 5 nitrogen and oxygen atoms in total. The minimum absolute atomic E-state index is 0.0583. The minimum Gasteiger partial charge on any atom is -0.487 e. The predicted octanol–water partition coefficient (Wildman–Crippen LogP) is 6.00. The zero-order valence-electron chi connectivity index (χ0n) is 15.5. The number of hydrogen-bond donors (Lipinski definition) is 1. The molecule has 3 aromatic rings. The van der Waals surface area contributed by atoms with Gasteiger partial charge >= 0.3 is 0 Å². The van der Waals surface area contributed by atoms with E-state index in [4.69, 9.17) is 16.3 Å². The van der Waals surface area contributed by atoms with E-state index in [1.165, 1.54) is 17.7 Å². The van der Waals surface area contributed by atoms with Crippen LogP contribution in [0.15, 0.2) is 66.7 Å². The van der Waals surface area contributed by atoms with Crippen LogP contribution in [-0.2, 0) is 19.6 Å². The van der Waals surface area contributed by atoms with Gasteiger partial charge in [-0.1, -0.05) is 36.7 Å². The van der Waals surface area contributed by atoms with Crippen LogP contribution in [0, 0.1) is 10.1 Å². The van der Waals surface area contributed by atoms with Crippen LogP contribution in [0.2, 0.25) is 5.02 Å². The van der Waals surface area contributed by atoms with E-state index in [1.54, 1.807) is 12.1 Å². The summed E-state index contributed by atoms with van der Waals surface area (Å²) in [6, 6.07) is 20.3. The van der Waals surface area contributed by atoms with Gasteiger partial charge in [-0.05, 0) is 59.5 Å². The summed E-state index contributed by atoms with van der Waals surface area (Å²) in [7, 11) is 0. The summed E-state index contributed by atoms with van der Waals surface area (Å²) < 4.78 is 5.74. The molecule has 0 fully saturated rings. The summed E-state index contributed by atoms with van der Waals surface area (Å²) >= 11 is 6.34. The van der Waals surface area contributed by atoms with Crippen LogP contribution >= 0.6 is 11.6 Å².